The topological polar surface area (TPSA) is 388 Å². The third-order valence-electron chi connectivity index (χ3n) is 31.9. The van der Waals surface area contributed by atoms with Crippen LogP contribution in [0.4, 0.5) is 57.1 Å². The van der Waals surface area contributed by atoms with Crippen molar-refractivity contribution in [1.82, 2.24) is 0 Å². The summed E-state index contributed by atoms with van der Waals surface area (Å²) in [4.78, 5) is 161. The first-order chi connectivity index (χ1) is 60.1. The highest BCUT2D eigenvalue weighted by Gasteiger charge is 2.72. The van der Waals surface area contributed by atoms with Gasteiger partial charge in [-0.15, -0.1) is 0 Å². The molecule has 130 heavy (non-hydrogen) atoms. The second kappa shape index (κ2) is 33.6. The number of aliphatic hydroxyl groups excluding tert-OH is 1. The second-order valence-electron chi connectivity index (χ2n) is 42.0. The summed E-state index contributed by atoms with van der Waals surface area (Å²) in [6.45, 7) is 11.0. The van der Waals surface area contributed by atoms with Gasteiger partial charge in [-0.3, -0.25) is 43.2 Å². The van der Waals surface area contributed by atoms with Crippen LogP contribution in [-0.4, -0.2) is 223 Å². The first kappa shape index (κ1) is 96.2. The van der Waals surface area contributed by atoms with E-state index in [1.54, 1.807) is 0 Å². The Morgan fingerprint density at radius 2 is 0.531 bits per heavy atom. The van der Waals surface area contributed by atoms with Crippen molar-refractivity contribution >= 4 is 83.6 Å². The Morgan fingerprint density at radius 1 is 0.277 bits per heavy atom. The first-order valence-electron chi connectivity index (χ1n) is 44.5. The van der Waals surface area contributed by atoms with Gasteiger partial charge in [-0.1, -0.05) is 0 Å². The van der Waals surface area contributed by atoms with Crippen molar-refractivity contribution < 1.29 is 196 Å². The number of hydrogen-bond acceptors (Lipinski definition) is 29. The molecule has 0 radical (unpaired) electrons. The molecule has 0 spiro atoms. The van der Waals surface area contributed by atoms with Crippen LogP contribution in [0.2, 0.25) is 0 Å². The molecule has 0 aromatic carbocycles. The minimum Gasteiger partial charge on any atom is -0.465 e. The number of hydrogen-bond donors (Lipinski definition) is 1. The maximum atomic E-state index is 13.4. The molecule has 1 N–H and O–H groups in total. The number of carbonyl (C=O) groups is 14. The van der Waals surface area contributed by atoms with Crippen LogP contribution in [-0.2, 0) is 133 Å². The van der Waals surface area contributed by atoms with Crippen molar-refractivity contribution in [2.45, 2.75) is 275 Å². The van der Waals surface area contributed by atoms with Gasteiger partial charge >= 0.3 is 108 Å². The van der Waals surface area contributed by atoms with E-state index in [4.69, 9.17) is 61.6 Å². The van der Waals surface area contributed by atoms with Gasteiger partial charge in [-0.25, -0.2) is 37.1 Å². The number of aliphatic hydroxyl groups is 1. The Morgan fingerprint density at radius 3 is 0.838 bits per heavy atom. The number of rotatable bonds is 18. The highest BCUT2D eigenvalue weighted by atomic mass is 19.4. The monoisotopic (exact) mass is 1870 g/mol. The van der Waals surface area contributed by atoms with Crippen LogP contribution >= 0.6 is 0 Å². The fraction of sp³-hybridized carbons (Fsp3) is 0.841. The third-order valence-corrected chi connectivity index (χ3v) is 31.9. The highest BCUT2D eigenvalue weighted by Crippen LogP contribution is 2.64. The van der Waals surface area contributed by atoms with Gasteiger partial charge in [0.1, 0.15) is 67.1 Å². The lowest BCUT2D eigenvalue weighted by molar-refractivity contribution is -0.231. The minimum atomic E-state index is -4.67. The Bertz CT molecular complexity index is 4370. The van der Waals surface area contributed by atoms with E-state index in [-0.39, 0.29) is 229 Å². The van der Waals surface area contributed by atoms with Gasteiger partial charge in [0.2, 0.25) is 17.0 Å². The lowest BCUT2D eigenvalue weighted by atomic mass is 9.79. The fourth-order valence-electron chi connectivity index (χ4n) is 24.9. The van der Waals surface area contributed by atoms with Crippen LogP contribution in [0.1, 0.15) is 167 Å². The van der Waals surface area contributed by atoms with Crippen molar-refractivity contribution in [3.05, 3.63) is 0 Å². The molecule has 29 nitrogen and oxygen atoms in total. The van der Waals surface area contributed by atoms with E-state index in [1.165, 1.54) is 41.5 Å². The zero-order chi connectivity index (χ0) is 95.3. The number of ether oxygens (including phenoxy) is 14. The summed E-state index contributed by atoms with van der Waals surface area (Å²) in [6.07, 6.45) is -4.37. The second-order valence-corrected chi connectivity index (χ2v) is 42.0. The molecule has 7 aliphatic heterocycles. The standard InChI is InChI=1S/C14H17F3O4.C13H15F3O4.C13H17FO4.C12H14F2O5.C12H14F2O4.2C12H15FO4/c1-13(2,14(15,16)17)12(19)20-5-9-6-3-7-8(4-6)11(18)21-10(7)9;1-12(2,13(14,15)16)11(18)20-8-5-3-6-7(4-5)10(17)19-9(6)8;1-13(2,14)12(16)17-5-9-6-3-7-8(4-6)11(15)18-10(7)9;1-12(13,14)11(17)19-8-4-2-5-7(6(4)3-15)10(16)18-9(5)8;1-12(13,14)11(16)17-4-8-5-2-6-7(3-5)10(15)18-9(6)8;2*1-12(2,13)11(15)17-8-5-3-6-7(4-5)10(14)16-9(6)8/h6-10H,3-5H2,1-2H3;5-9H,3-4H2,1-2H3;6-10H,3-5H2,1-2H3;4-9,15H,2-3H2,1H3;5-9H,2-4H2,1H3;2*5-9H,3-4H2,1-2H3. The summed E-state index contributed by atoms with van der Waals surface area (Å²) in [5.41, 5.74) is -11.0. The molecule has 7 saturated heterocycles. The average Bonchev–Trinajstić information content (AvgIpc) is 1.54. The first-order valence-corrected chi connectivity index (χ1v) is 44.5. The van der Waals surface area contributed by atoms with Gasteiger partial charge in [0.15, 0.2) is 10.8 Å². The van der Waals surface area contributed by atoms with Crippen molar-refractivity contribution in [2.75, 3.05) is 26.4 Å². The quantitative estimate of drug-likeness (QED) is 0.0757. The zero-order valence-electron chi connectivity index (χ0n) is 73.1. The molecule has 36 atom stereocenters. The molecule has 21 rings (SSSR count). The van der Waals surface area contributed by atoms with Gasteiger partial charge in [0, 0.05) is 109 Å². The van der Waals surface area contributed by atoms with E-state index in [2.05, 4.69) is 4.74 Å². The maximum Gasteiger partial charge on any atom is 0.404 e. The lowest BCUT2D eigenvalue weighted by Crippen LogP contribution is -2.45. The number of halogens is 13. The average molecular weight is 1880 g/mol. The van der Waals surface area contributed by atoms with Gasteiger partial charge in [0.05, 0.1) is 61.2 Å². The molecule has 14 bridgehead atoms. The highest BCUT2D eigenvalue weighted by molar-refractivity contribution is 5.84. The summed E-state index contributed by atoms with van der Waals surface area (Å²) in [6, 6.07) is 0. The molecular weight excluding hydrogens is 1770 g/mol. The molecule has 0 aromatic rings. The van der Waals surface area contributed by atoms with Gasteiger partial charge < -0.3 is 71.4 Å². The van der Waals surface area contributed by atoms with Crippen LogP contribution in [0.15, 0.2) is 0 Å². The van der Waals surface area contributed by atoms with Crippen LogP contribution in [0, 0.1) is 159 Å². The third kappa shape index (κ3) is 17.2. The molecule has 14 aliphatic carbocycles. The molecule has 21 fully saturated rings. The van der Waals surface area contributed by atoms with Crippen molar-refractivity contribution in [3.63, 3.8) is 0 Å². The zero-order valence-corrected chi connectivity index (χ0v) is 73.1. The Kier molecular flexibility index (Phi) is 24.9. The van der Waals surface area contributed by atoms with E-state index in [0.29, 0.717) is 64.2 Å². The molecular formula is C88H107F13O29. The lowest BCUT2D eigenvalue weighted by Gasteiger charge is -2.31. The summed E-state index contributed by atoms with van der Waals surface area (Å²) in [7, 11) is 0. The predicted octanol–water partition coefficient (Wildman–Crippen LogP) is 10.1. The SMILES string of the molecule is CC(C)(C(=O)OC1C2CC3C(=O)OC1C3C2)C(F)(F)F.CC(C)(C(=O)OCC1C2CC3C(=O)OC1C3C2)C(F)(F)F.CC(C)(F)C(=O)OC1C2CC3C(=O)OC1C3C2.CC(C)(F)C(=O)OC1C2CC3C(=O)OC1C3C2.CC(C)(F)C(=O)OCC1C2CC3C(=O)OC1C3C2.CC(F)(F)C(=O)OC1C2CC3C1OC(=O)C3C2CO.CC(F)(F)C(=O)OCC1C2CC3C(=O)OC1C3C2. The van der Waals surface area contributed by atoms with Crippen LogP contribution in [0.5, 0.6) is 0 Å². The number of alkyl halides is 13. The van der Waals surface area contributed by atoms with E-state index < -0.39 is 136 Å². The molecule has 36 unspecified atom stereocenters. The molecule has 0 amide bonds. The molecule has 21 aliphatic rings. The minimum absolute atomic E-state index is 0.000649. The predicted molar refractivity (Wildman–Crippen MR) is 402 cm³/mol. The Labute approximate surface area is 736 Å². The fourth-order valence-corrected chi connectivity index (χ4v) is 24.9. The van der Waals surface area contributed by atoms with Gasteiger partial charge in [0.25, 0.3) is 0 Å². The smallest absolute Gasteiger partial charge is 0.404 e. The number of fused-ring (bicyclic) bond motifs is 7. The van der Waals surface area contributed by atoms with E-state index in [0.717, 1.165) is 72.6 Å². The molecule has 14 saturated carbocycles. The van der Waals surface area contributed by atoms with E-state index in [1.807, 2.05) is 0 Å². The largest absolute Gasteiger partial charge is 0.465 e. The summed E-state index contributed by atoms with van der Waals surface area (Å²) < 4.78 is 239. The Hall–Kier alpha value is -8.37. The van der Waals surface area contributed by atoms with Crippen LogP contribution in [0.3, 0.4) is 0 Å². The van der Waals surface area contributed by atoms with Crippen molar-refractivity contribution in [1.29, 1.82) is 0 Å². The summed E-state index contributed by atoms with van der Waals surface area (Å²) in [5, 5.41) is 9.34. The maximum absolute atomic E-state index is 13.4. The summed E-state index contributed by atoms with van der Waals surface area (Å²) in [5.74, 6) is -16.3. The Balaban J connectivity index is 0.000000116. The molecule has 724 valence electrons. The molecule has 0 aromatic heterocycles. The number of carbonyl (C=O) groups excluding carboxylic acids is 14. The van der Waals surface area contributed by atoms with E-state index >= 15 is 0 Å². The summed E-state index contributed by atoms with van der Waals surface area (Å²) >= 11 is 0. The normalized spacial score (nSPS) is 41.0. The van der Waals surface area contributed by atoms with Crippen molar-refractivity contribution in [2.24, 2.45) is 159 Å². The van der Waals surface area contributed by atoms with Gasteiger partial charge in [-0.05, 0) is 170 Å². The van der Waals surface area contributed by atoms with Crippen molar-refractivity contribution in [3.8, 4) is 0 Å². The van der Waals surface area contributed by atoms with E-state index in [9.17, 15) is 129 Å². The van der Waals surface area contributed by atoms with Crippen LogP contribution < -0.4 is 0 Å². The van der Waals surface area contributed by atoms with Crippen LogP contribution in [0.25, 0.3) is 0 Å². The molecule has 42 heteroatoms. The molecule has 7 heterocycles. The van der Waals surface area contributed by atoms with Gasteiger partial charge in [-0.2, -0.15) is 43.9 Å². The number of esters is 14.